The van der Waals surface area contributed by atoms with E-state index < -0.39 is 0 Å². The second-order valence-corrected chi connectivity index (χ2v) is 5.82. The summed E-state index contributed by atoms with van der Waals surface area (Å²) in [5.74, 6) is 0.415. The van der Waals surface area contributed by atoms with Crippen LogP contribution in [0.25, 0.3) is 0 Å². The number of nitrogens with one attached hydrogen (secondary N) is 2. The zero-order valence-electron chi connectivity index (χ0n) is 12.5. The maximum atomic E-state index is 12.1. The molecule has 22 heavy (non-hydrogen) atoms. The molecule has 0 saturated carbocycles. The summed E-state index contributed by atoms with van der Waals surface area (Å²) in [5.41, 5.74) is 1.00. The number of nitrogens with zero attached hydrogens (tertiary/aromatic N) is 2. The molecular weight excluding hydrogens is 344 g/mol. The lowest BCUT2D eigenvalue weighted by Crippen LogP contribution is -2.15. The first kappa shape index (κ1) is 16.4. The largest absolute Gasteiger partial charge is 0.369 e. The fraction of sp³-hybridized carbons (Fsp3) is 0.312. The van der Waals surface area contributed by atoms with Gasteiger partial charge in [-0.15, -0.1) is 10.2 Å². The maximum absolute atomic E-state index is 12.1. The molecular formula is C16H19BrN4O. The van der Waals surface area contributed by atoms with Gasteiger partial charge in [0.2, 0.25) is 0 Å². The Morgan fingerprint density at radius 2 is 2.05 bits per heavy atom. The van der Waals surface area contributed by atoms with Gasteiger partial charge < -0.3 is 10.6 Å². The van der Waals surface area contributed by atoms with E-state index in [1.807, 2.05) is 24.3 Å². The summed E-state index contributed by atoms with van der Waals surface area (Å²) in [6, 6.07) is 10.8. The van der Waals surface area contributed by atoms with Gasteiger partial charge in [0.25, 0.3) is 5.91 Å². The number of unbranched alkanes of at least 4 members (excludes halogenated alkanes) is 2. The van der Waals surface area contributed by atoms with Gasteiger partial charge in [-0.25, -0.2) is 0 Å². The Bertz CT molecular complexity index is 616. The molecule has 2 N–H and O–H groups in total. The lowest BCUT2D eigenvalue weighted by Gasteiger charge is -2.06. The highest BCUT2D eigenvalue weighted by atomic mass is 79.9. The summed E-state index contributed by atoms with van der Waals surface area (Å²) in [7, 11) is 0. The summed E-state index contributed by atoms with van der Waals surface area (Å²) in [5, 5.41) is 14.0. The minimum absolute atomic E-state index is 0.275. The first-order chi connectivity index (χ1) is 10.7. The molecule has 1 amide bonds. The molecule has 0 radical (unpaired) electrons. The molecule has 0 saturated heterocycles. The molecule has 1 aromatic heterocycles. The number of carbonyl (C=O) groups excluding carboxylic acids is 1. The normalized spacial score (nSPS) is 10.3. The van der Waals surface area contributed by atoms with E-state index in [4.69, 9.17) is 0 Å². The third-order valence-corrected chi connectivity index (χ3v) is 3.56. The van der Waals surface area contributed by atoms with E-state index in [0.717, 1.165) is 17.4 Å². The van der Waals surface area contributed by atoms with Crippen LogP contribution in [0.1, 0.15) is 36.7 Å². The highest BCUT2D eigenvalue weighted by molar-refractivity contribution is 9.10. The SMILES string of the molecule is CCCCCNc1ccc(C(=O)Nc2cccc(Br)c2)nn1. The molecule has 1 heterocycles. The van der Waals surface area contributed by atoms with Crippen LogP contribution in [0, 0.1) is 0 Å². The van der Waals surface area contributed by atoms with Crippen LogP contribution < -0.4 is 10.6 Å². The number of anilines is 2. The minimum atomic E-state index is -0.275. The van der Waals surface area contributed by atoms with Crippen molar-refractivity contribution in [2.24, 2.45) is 0 Å². The smallest absolute Gasteiger partial charge is 0.276 e. The summed E-state index contributed by atoms with van der Waals surface area (Å²) in [4.78, 5) is 12.1. The van der Waals surface area contributed by atoms with Crippen LogP contribution in [0.3, 0.4) is 0 Å². The summed E-state index contributed by atoms with van der Waals surface area (Å²) >= 11 is 3.37. The van der Waals surface area contributed by atoms with E-state index in [1.165, 1.54) is 12.8 Å². The Morgan fingerprint density at radius 3 is 2.73 bits per heavy atom. The fourth-order valence-corrected chi connectivity index (χ4v) is 2.30. The van der Waals surface area contributed by atoms with Gasteiger partial charge in [-0.3, -0.25) is 4.79 Å². The molecule has 0 unspecified atom stereocenters. The van der Waals surface area contributed by atoms with Crippen molar-refractivity contribution in [3.63, 3.8) is 0 Å². The van der Waals surface area contributed by atoms with E-state index in [1.54, 1.807) is 12.1 Å². The molecule has 2 rings (SSSR count). The molecule has 0 aliphatic rings. The Hall–Kier alpha value is -1.95. The molecule has 2 aromatic rings. The van der Waals surface area contributed by atoms with Gasteiger partial charge in [-0.05, 0) is 36.8 Å². The molecule has 0 fully saturated rings. The van der Waals surface area contributed by atoms with Gasteiger partial charge in [-0.1, -0.05) is 41.8 Å². The molecule has 1 aromatic carbocycles. The summed E-state index contributed by atoms with van der Waals surface area (Å²) < 4.78 is 0.906. The summed E-state index contributed by atoms with van der Waals surface area (Å²) in [6.45, 7) is 3.03. The highest BCUT2D eigenvalue weighted by Crippen LogP contribution is 2.16. The number of amides is 1. The van der Waals surface area contributed by atoms with Crippen molar-refractivity contribution in [2.75, 3.05) is 17.2 Å². The van der Waals surface area contributed by atoms with Crippen molar-refractivity contribution in [1.29, 1.82) is 0 Å². The molecule has 116 valence electrons. The number of rotatable bonds is 7. The van der Waals surface area contributed by atoms with Crippen LogP contribution in [0.4, 0.5) is 11.5 Å². The van der Waals surface area contributed by atoms with E-state index >= 15 is 0 Å². The molecule has 0 aliphatic heterocycles. The van der Waals surface area contributed by atoms with Gasteiger partial charge in [-0.2, -0.15) is 0 Å². The molecule has 6 heteroatoms. The summed E-state index contributed by atoms with van der Waals surface area (Å²) in [6.07, 6.45) is 3.47. The van der Waals surface area contributed by atoms with Gasteiger partial charge >= 0.3 is 0 Å². The third kappa shape index (κ3) is 5.11. The Morgan fingerprint density at radius 1 is 1.18 bits per heavy atom. The van der Waals surface area contributed by atoms with Gasteiger partial charge in [0.05, 0.1) is 0 Å². The van der Waals surface area contributed by atoms with Crippen molar-refractivity contribution < 1.29 is 4.79 Å². The highest BCUT2D eigenvalue weighted by Gasteiger charge is 2.08. The van der Waals surface area contributed by atoms with E-state index in [-0.39, 0.29) is 5.91 Å². The standard InChI is InChI=1S/C16H19BrN4O/c1-2-3-4-10-18-15-9-8-14(20-21-15)16(22)19-13-7-5-6-12(17)11-13/h5-9,11H,2-4,10H2,1H3,(H,18,21)(H,19,22). The van der Waals surface area contributed by atoms with Crippen LogP contribution in [0.5, 0.6) is 0 Å². The van der Waals surface area contributed by atoms with Crippen molar-refractivity contribution >= 4 is 33.3 Å². The zero-order valence-corrected chi connectivity index (χ0v) is 14.1. The Kier molecular flexibility index (Phi) is 6.33. The first-order valence-corrected chi connectivity index (χ1v) is 8.13. The number of hydrogen-bond acceptors (Lipinski definition) is 4. The van der Waals surface area contributed by atoms with Crippen molar-refractivity contribution in [2.45, 2.75) is 26.2 Å². The Labute approximate surface area is 138 Å². The van der Waals surface area contributed by atoms with E-state index in [9.17, 15) is 4.79 Å². The van der Waals surface area contributed by atoms with Gasteiger partial charge in [0, 0.05) is 16.7 Å². The second-order valence-electron chi connectivity index (χ2n) is 4.90. The van der Waals surface area contributed by atoms with Crippen LogP contribution in [-0.2, 0) is 0 Å². The third-order valence-electron chi connectivity index (χ3n) is 3.07. The predicted molar refractivity (Wildman–Crippen MR) is 92.1 cm³/mol. The van der Waals surface area contributed by atoms with Gasteiger partial charge in [0.1, 0.15) is 5.82 Å². The molecule has 0 aliphatic carbocycles. The topological polar surface area (TPSA) is 66.9 Å². The second kappa shape index (κ2) is 8.48. The van der Waals surface area contributed by atoms with Crippen LogP contribution >= 0.6 is 15.9 Å². The van der Waals surface area contributed by atoms with Crippen molar-refractivity contribution in [3.8, 4) is 0 Å². The average Bonchev–Trinajstić information content (AvgIpc) is 2.52. The predicted octanol–water partition coefficient (Wildman–Crippen LogP) is 4.09. The molecule has 0 spiro atoms. The van der Waals surface area contributed by atoms with Gasteiger partial charge in [0.15, 0.2) is 5.69 Å². The molecule has 5 nitrogen and oxygen atoms in total. The number of carbonyl (C=O) groups is 1. The monoisotopic (exact) mass is 362 g/mol. The average molecular weight is 363 g/mol. The van der Waals surface area contributed by atoms with E-state index in [0.29, 0.717) is 17.2 Å². The number of aromatic nitrogens is 2. The van der Waals surface area contributed by atoms with Crippen LogP contribution in [0.2, 0.25) is 0 Å². The molecule has 0 atom stereocenters. The quantitative estimate of drug-likeness (QED) is 0.727. The fourth-order valence-electron chi connectivity index (χ4n) is 1.90. The van der Waals surface area contributed by atoms with Crippen LogP contribution in [-0.4, -0.2) is 22.6 Å². The molecule has 0 bridgehead atoms. The number of halogens is 1. The van der Waals surface area contributed by atoms with Crippen molar-refractivity contribution in [3.05, 3.63) is 46.6 Å². The maximum Gasteiger partial charge on any atom is 0.276 e. The lowest BCUT2D eigenvalue weighted by atomic mass is 10.2. The zero-order chi connectivity index (χ0) is 15.8. The Balaban J connectivity index is 1.90. The number of benzene rings is 1. The van der Waals surface area contributed by atoms with Crippen LogP contribution in [0.15, 0.2) is 40.9 Å². The minimum Gasteiger partial charge on any atom is -0.369 e. The van der Waals surface area contributed by atoms with E-state index in [2.05, 4.69) is 43.7 Å². The first-order valence-electron chi connectivity index (χ1n) is 7.33. The lowest BCUT2D eigenvalue weighted by molar-refractivity contribution is 0.102. The number of hydrogen-bond donors (Lipinski definition) is 2. The van der Waals surface area contributed by atoms with Crippen molar-refractivity contribution in [1.82, 2.24) is 10.2 Å².